The van der Waals surface area contributed by atoms with Crippen LogP contribution in [0.25, 0.3) is 0 Å². The summed E-state index contributed by atoms with van der Waals surface area (Å²) in [5.41, 5.74) is 0.988. The summed E-state index contributed by atoms with van der Waals surface area (Å²) in [6.45, 7) is 1.28. The fourth-order valence-corrected chi connectivity index (χ4v) is 2.08. The van der Waals surface area contributed by atoms with Gasteiger partial charge >= 0.3 is 0 Å². The van der Waals surface area contributed by atoms with Crippen LogP contribution in [-0.4, -0.2) is 36.9 Å². The van der Waals surface area contributed by atoms with E-state index < -0.39 is 0 Å². The molecule has 2 rings (SSSR count). The Balaban J connectivity index is 2.04. The molecule has 1 saturated heterocycles. The molecule has 0 aromatic heterocycles. The van der Waals surface area contributed by atoms with Gasteiger partial charge in [-0.05, 0) is 17.7 Å². The molecule has 0 unspecified atom stereocenters. The summed E-state index contributed by atoms with van der Waals surface area (Å²) in [6.07, 6.45) is 0. The van der Waals surface area contributed by atoms with Gasteiger partial charge in [0.25, 0.3) is 0 Å². The number of nitrogens with zero attached hydrogens (tertiary/aromatic N) is 1. The fourth-order valence-electron chi connectivity index (χ4n) is 1.91. The lowest BCUT2D eigenvalue weighted by atomic mass is 9.91. The number of hydrogen-bond acceptors (Lipinski definition) is 2. The van der Waals surface area contributed by atoms with E-state index in [0.717, 1.165) is 5.56 Å². The molecule has 0 spiro atoms. The summed E-state index contributed by atoms with van der Waals surface area (Å²) in [6, 6.07) is 4.80. The van der Waals surface area contributed by atoms with Gasteiger partial charge in [-0.3, -0.25) is 4.79 Å². The zero-order valence-electron chi connectivity index (χ0n) is 9.45. The lowest BCUT2D eigenvalue weighted by molar-refractivity contribution is -0.132. The second kappa shape index (κ2) is 4.92. The van der Waals surface area contributed by atoms with Gasteiger partial charge in [-0.2, -0.15) is 0 Å². The lowest BCUT2D eigenvalue weighted by Gasteiger charge is -2.39. The van der Waals surface area contributed by atoms with Gasteiger partial charge in [0.15, 0.2) is 11.6 Å². The van der Waals surface area contributed by atoms with E-state index in [1.807, 2.05) is 0 Å². The first kappa shape index (κ1) is 12.2. The number of amides is 1. The third-order valence-electron chi connectivity index (χ3n) is 3.00. The maximum atomic E-state index is 13.2. The molecule has 1 amide bonds. The van der Waals surface area contributed by atoms with Crippen LogP contribution in [0.4, 0.5) is 4.39 Å². The van der Waals surface area contributed by atoms with Crippen LogP contribution in [0.1, 0.15) is 11.5 Å². The molecule has 0 N–H and O–H groups in total. The average Bonchev–Trinajstić information content (AvgIpc) is 2.29. The van der Waals surface area contributed by atoms with E-state index in [0.29, 0.717) is 13.1 Å². The highest BCUT2D eigenvalue weighted by Crippen LogP contribution is 2.30. The summed E-state index contributed by atoms with van der Waals surface area (Å²) in [5.74, 6) is 0.0713. The highest BCUT2D eigenvalue weighted by molar-refractivity contribution is 6.27. The molecule has 1 aromatic carbocycles. The number of halogens is 2. The quantitative estimate of drug-likeness (QED) is 0.775. The number of likely N-dealkylation sites (tertiary alicyclic amines) is 1. The first-order valence-electron chi connectivity index (χ1n) is 5.33. The van der Waals surface area contributed by atoms with Crippen LogP contribution in [0.15, 0.2) is 18.2 Å². The van der Waals surface area contributed by atoms with Crippen molar-refractivity contribution in [2.75, 3.05) is 26.1 Å². The van der Waals surface area contributed by atoms with E-state index in [4.69, 9.17) is 16.3 Å². The molecule has 1 aromatic rings. The first-order chi connectivity index (χ1) is 8.15. The number of alkyl halides is 1. The Morgan fingerprint density at radius 2 is 2.29 bits per heavy atom. The smallest absolute Gasteiger partial charge is 0.237 e. The zero-order valence-corrected chi connectivity index (χ0v) is 10.2. The molecular weight excluding hydrogens is 245 g/mol. The van der Waals surface area contributed by atoms with Crippen molar-refractivity contribution in [2.24, 2.45) is 0 Å². The molecule has 0 aliphatic carbocycles. The molecule has 0 atom stereocenters. The van der Waals surface area contributed by atoms with E-state index in [-0.39, 0.29) is 29.3 Å². The highest BCUT2D eigenvalue weighted by atomic mass is 35.5. The molecule has 1 aliphatic heterocycles. The number of carbonyl (C=O) groups is 1. The van der Waals surface area contributed by atoms with Gasteiger partial charge in [0.1, 0.15) is 5.88 Å². The van der Waals surface area contributed by atoms with Gasteiger partial charge < -0.3 is 9.64 Å². The first-order valence-corrected chi connectivity index (χ1v) is 5.86. The summed E-state index contributed by atoms with van der Waals surface area (Å²) in [4.78, 5) is 12.9. The maximum absolute atomic E-state index is 13.2. The topological polar surface area (TPSA) is 29.5 Å². The average molecular weight is 258 g/mol. The fraction of sp³-hybridized carbons (Fsp3) is 0.417. The zero-order chi connectivity index (χ0) is 12.4. The van der Waals surface area contributed by atoms with Crippen molar-refractivity contribution in [1.82, 2.24) is 4.90 Å². The summed E-state index contributed by atoms with van der Waals surface area (Å²) >= 11 is 5.46. The minimum Gasteiger partial charge on any atom is -0.494 e. The third-order valence-corrected chi connectivity index (χ3v) is 3.22. The van der Waals surface area contributed by atoms with Crippen LogP contribution in [-0.2, 0) is 4.79 Å². The Hall–Kier alpha value is -1.29. The van der Waals surface area contributed by atoms with E-state index in [1.165, 1.54) is 13.2 Å². The van der Waals surface area contributed by atoms with E-state index >= 15 is 0 Å². The molecule has 0 bridgehead atoms. The highest BCUT2D eigenvalue weighted by Gasteiger charge is 2.31. The predicted molar refractivity (Wildman–Crippen MR) is 63.0 cm³/mol. The van der Waals surface area contributed by atoms with E-state index in [1.54, 1.807) is 17.0 Å². The Labute approximate surface area is 104 Å². The van der Waals surface area contributed by atoms with Gasteiger partial charge in [-0.25, -0.2) is 4.39 Å². The van der Waals surface area contributed by atoms with Crippen molar-refractivity contribution in [3.05, 3.63) is 29.6 Å². The van der Waals surface area contributed by atoms with Crippen molar-refractivity contribution in [2.45, 2.75) is 5.92 Å². The SMILES string of the molecule is COc1cc(C2CN(C(=O)CCl)C2)ccc1F. The van der Waals surface area contributed by atoms with Gasteiger partial charge in [0, 0.05) is 19.0 Å². The Morgan fingerprint density at radius 3 is 2.88 bits per heavy atom. The minimum absolute atomic E-state index is 0.0134. The second-order valence-electron chi connectivity index (χ2n) is 4.02. The third kappa shape index (κ3) is 2.36. The number of rotatable bonds is 3. The largest absolute Gasteiger partial charge is 0.494 e. The summed E-state index contributed by atoms with van der Waals surface area (Å²) in [7, 11) is 1.44. The van der Waals surface area contributed by atoms with Crippen LogP contribution in [0.3, 0.4) is 0 Å². The molecule has 0 saturated carbocycles. The Morgan fingerprint density at radius 1 is 1.59 bits per heavy atom. The number of ether oxygens (including phenoxy) is 1. The molecule has 92 valence electrons. The van der Waals surface area contributed by atoms with Crippen LogP contribution in [0, 0.1) is 5.82 Å². The number of benzene rings is 1. The predicted octanol–water partition coefficient (Wildman–Crippen LogP) is 2.00. The van der Waals surface area contributed by atoms with E-state index in [2.05, 4.69) is 0 Å². The molecule has 1 aliphatic rings. The standard InChI is InChI=1S/C12H13ClFNO2/c1-17-11-4-8(2-3-10(11)14)9-6-15(7-9)12(16)5-13/h2-4,9H,5-7H2,1H3. The molecule has 3 nitrogen and oxygen atoms in total. The molecule has 17 heavy (non-hydrogen) atoms. The van der Waals surface area contributed by atoms with Crippen molar-refractivity contribution in [3.63, 3.8) is 0 Å². The minimum atomic E-state index is -0.371. The molecule has 0 radical (unpaired) electrons. The van der Waals surface area contributed by atoms with E-state index in [9.17, 15) is 9.18 Å². The molecule has 5 heteroatoms. The lowest BCUT2D eigenvalue weighted by Crippen LogP contribution is -2.49. The van der Waals surface area contributed by atoms with Crippen LogP contribution >= 0.6 is 11.6 Å². The van der Waals surface area contributed by atoms with Crippen LogP contribution < -0.4 is 4.74 Å². The van der Waals surface area contributed by atoms with Gasteiger partial charge in [-0.1, -0.05) is 6.07 Å². The molecular formula is C12H13ClFNO2. The Kier molecular flexibility index (Phi) is 3.52. The Bertz CT molecular complexity index is 433. The van der Waals surface area contributed by atoms with Gasteiger partial charge in [-0.15, -0.1) is 11.6 Å². The van der Waals surface area contributed by atoms with Crippen LogP contribution in [0.5, 0.6) is 5.75 Å². The van der Waals surface area contributed by atoms with Crippen molar-refractivity contribution in [1.29, 1.82) is 0 Å². The van der Waals surface area contributed by atoms with Crippen LogP contribution in [0.2, 0.25) is 0 Å². The molecule has 1 heterocycles. The van der Waals surface area contributed by atoms with Crippen molar-refractivity contribution in [3.8, 4) is 5.75 Å². The van der Waals surface area contributed by atoms with Crippen molar-refractivity contribution < 1.29 is 13.9 Å². The second-order valence-corrected chi connectivity index (χ2v) is 4.29. The number of hydrogen-bond donors (Lipinski definition) is 0. The molecule has 1 fully saturated rings. The normalized spacial score (nSPS) is 15.6. The number of methoxy groups -OCH3 is 1. The summed E-state index contributed by atoms with van der Waals surface area (Å²) in [5, 5.41) is 0. The monoisotopic (exact) mass is 257 g/mol. The summed E-state index contributed by atoms with van der Waals surface area (Å²) < 4.78 is 18.1. The maximum Gasteiger partial charge on any atom is 0.237 e. The van der Waals surface area contributed by atoms with Crippen molar-refractivity contribution >= 4 is 17.5 Å². The number of carbonyl (C=O) groups excluding carboxylic acids is 1. The van der Waals surface area contributed by atoms with Gasteiger partial charge in [0.05, 0.1) is 7.11 Å². The van der Waals surface area contributed by atoms with Gasteiger partial charge in [0.2, 0.25) is 5.91 Å².